The number of hydrogen-bond acceptors (Lipinski definition) is 3. The van der Waals surface area contributed by atoms with Gasteiger partial charge in [-0.05, 0) is 61.9 Å². The lowest BCUT2D eigenvalue weighted by Gasteiger charge is -2.08. The molecule has 0 radical (unpaired) electrons. The van der Waals surface area contributed by atoms with Gasteiger partial charge in [-0.15, -0.1) is 0 Å². The third kappa shape index (κ3) is 4.05. The van der Waals surface area contributed by atoms with Crippen molar-refractivity contribution < 1.29 is 4.79 Å². The van der Waals surface area contributed by atoms with E-state index in [9.17, 15) is 4.79 Å². The molecular formula is C23H19ClN4O. The standard InChI is InChI=1S/C23H19ClN4O/c1-15-5-8-18(9-6-15)28-22(17-4-3-11-25-14-17)13-21(27-28)23(29)26-20-10-7-16(2)12-19(20)24/h3-14H,1-2H3,(H,26,29). The number of nitrogens with zero attached hydrogens (tertiary/aromatic N) is 3. The lowest BCUT2D eigenvalue weighted by molar-refractivity contribution is 0.102. The fourth-order valence-electron chi connectivity index (χ4n) is 3.00. The first-order valence-electron chi connectivity index (χ1n) is 9.16. The summed E-state index contributed by atoms with van der Waals surface area (Å²) in [6.07, 6.45) is 3.46. The summed E-state index contributed by atoms with van der Waals surface area (Å²) >= 11 is 6.26. The number of carbonyl (C=O) groups is 1. The van der Waals surface area contributed by atoms with Crippen molar-refractivity contribution >= 4 is 23.2 Å². The van der Waals surface area contributed by atoms with E-state index in [0.717, 1.165) is 28.1 Å². The molecule has 0 aliphatic carbocycles. The van der Waals surface area contributed by atoms with Crippen LogP contribution >= 0.6 is 11.6 Å². The lowest BCUT2D eigenvalue weighted by Crippen LogP contribution is -2.13. The Labute approximate surface area is 174 Å². The molecule has 2 aromatic heterocycles. The Morgan fingerprint density at radius 1 is 1.00 bits per heavy atom. The molecule has 2 heterocycles. The summed E-state index contributed by atoms with van der Waals surface area (Å²) in [7, 11) is 0. The highest BCUT2D eigenvalue weighted by atomic mass is 35.5. The maximum Gasteiger partial charge on any atom is 0.276 e. The van der Waals surface area contributed by atoms with E-state index in [1.165, 1.54) is 0 Å². The number of amides is 1. The van der Waals surface area contributed by atoms with Crippen molar-refractivity contribution in [2.45, 2.75) is 13.8 Å². The minimum Gasteiger partial charge on any atom is -0.319 e. The maximum atomic E-state index is 12.9. The van der Waals surface area contributed by atoms with E-state index in [2.05, 4.69) is 15.4 Å². The van der Waals surface area contributed by atoms with E-state index in [4.69, 9.17) is 11.6 Å². The second-order valence-corrected chi connectivity index (χ2v) is 7.25. The quantitative estimate of drug-likeness (QED) is 0.493. The van der Waals surface area contributed by atoms with Crippen molar-refractivity contribution in [2.24, 2.45) is 0 Å². The first-order chi connectivity index (χ1) is 14.0. The zero-order valence-electron chi connectivity index (χ0n) is 16.1. The SMILES string of the molecule is Cc1ccc(-n2nc(C(=O)Nc3ccc(C)cc3Cl)cc2-c2cccnc2)cc1. The van der Waals surface area contributed by atoms with Crippen LogP contribution in [0.2, 0.25) is 5.02 Å². The van der Waals surface area contributed by atoms with E-state index < -0.39 is 0 Å². The first-order valence-corrected chi connectivity index (χ1v) is 9.54. The smallest absolute Gasteiger partial charge is 0.276 e. The molecule has 2 aromatic carbocycles. The van der Waals surface area contributed by atoms with E-state index >= 15 is 0 Å². The molecular weight excluding hydrogens is 384 g/mol. The van der Waals surface area contributed by atoms with Gasteiger partial charge in [0.15, 0.2) is 5.69 Å². The largest absolute Gasteiger partial charge is 0.319 e. The van der Waals surface area contributed by atoms with E-state index in [1.54, 1.807) is 29.2 Å². The number of anilines is 1. The van der Waals surface area contributed by atoms with Gasteiger partial charge in [-0.3, -0.25) is 9.78 Å². The molecule has 0 saturated carbocycles. The van der Waals surface area contributed by atoms with Crippen LogP contribution in [0.4, 0.5) is 5.69 Å². The average molecular weight is 403 g/mol. The molecule has 0 saturated heterocycles. The van der Waals surface area contributed by atoms with Gasteiger partial charge in [-0.25, -0.2) is 4.68 Å². The molecule has 0 bridgehead atoms. The number of nitrogens with one attached hydrogen (secondary N) is 1. The number of aromatic nitrogens is 3. The molecule has 1 N–H and O–H groups in total. The summed E-state index contributed by atoms with van der Waals surface area (Å²) in [5.41, 5.74) is 5.53. The van der Waals surface area contributed by atoms with Gasteiger partial charge < -0.3 is 5.32 Å². The summed E-state index contributed by atoms with van der Waals surface area (Å²) in [6.45, 7) is 3.97. The van der Waals surface area contributed by atoms with Crippen molar-refractivity contribution in [3.63, 3.8) is 0 Å². The molecule has 0 unspecified atom stereocenters. The van der Waals surface area contributed by atoms with Crippen LogP contribution in [0.25, 0.3) is 16.9 Å². The van der Waals surface area contributed by atoms with Gasteiger partial charge in [0, 0.05) is 18.0 Å². The highest BCUT2D eigenvalue weighted by Gasteiger charge is 2.18. The molecule has 1 amide bonds. The van der Waals surface area contributed by atoms with E-state index in [1.807, 2.05) is 62.4 Å². The number of aryl methyl sites for hydroxylation is 2. The summed E-state index contributed by atoms with van der Waals surface area (Å²) < 4.78 is 1.75. The predicted octanol–water partition coefficient (Wildman–Crippen LogP) is 5.46. The van der Waals surface area contributed by atoms with Crippen LogP contribution in [-0.2, 0) is 0 Å². The molecule has 0 aliphatic heterocycles. The van der Waals surface area contributed by atoms with Gasteiger partial charge in [-0.1, -0.05) is 35.4 Å². The zero-order chi connectivity index (χ0) is 20.4. The Morgan fingerprint density at radius 2 is 1.76 bits per heavy atom. The van der Waals surface area contributed by atoms with Crippen LogP contribution in [0.15, 0.2) is 73.1 Å². The molecule has 144 valence electrons. The Kier molecular flexibility index (Phi) is 5.14. The third-order valence-corrected chi connectivity index (χ3v) is 4.86. The third-order valence-electron chi connectivity index (χ3n) is 4.55. The van der Waals surface area contributed by atoms with Crippen LogP contribution in [0.1, 0.15) is 21.6 Å². The van der Waals surface area contributed by atoms with Crippen LogP contribution in [0.3, 0.4) is 0 Å². The van der Waals surface area contributed by atoms with Gasteiger partial charge in [0.2, 0.25) is 0 Å². The van der Waals surface area contributed by atoms with Crippen LogP contribution in [0, 0.1) is 13.8 Å². The van der Waals surface area contributed by atoms with Gasteiger partial charge in [-0.2, -0.15) is 5.10 Å². The Hall–Kier alpha value is -3.44. The first kappa shape index (κ1) is 18.9. The number of halogens is 1. The summed E-state index contributed by atoms with van der Waals surface area (Å²) in [6, 6.07) is 19.0. The van der Waals surface area contributed by atoms with Crippen molar-refractivity contribution in [1.82, 2.24) is 14.8 Å². The van der Waals surface area contributed by atoms with E-state index in [0.29, 0.717) is 16.4 Å². The summed E-state index contributed by atoms with van der Waals surface area (Å²) in [5, 5.41) is 7.90. The molecule has 0 aliphatic rings. The number of pyridine rings is 1. The topological polar surface area (TPSA) is 59.8 Å². The molecule has 6 heteroatoms. The van der Waals surface area contributed by atoms with Crippen LogP contribution in [0.5, 0.6) is 0 Å². The molecule has 29 heavy (non-hydrogen) atoms. The molecule has 0 atom stereocenters. The normalized spacial score (nSPS) is 10.7. The summed E-state index contributed by atoms with van der Waals surface area (Å²) in [5.74, 6) is -0.327. The molecule has 4 rings (SSSR count). The highest BCUT2D eigenvalue weighted by molar-refractivity contribution is 6.34. The fourth-order valence-corrected chi connectivity index (χ4v) is 3.28. The molecule has 5 nitrogen and oxygen atoms in total. The second-order valence-electron chi connectivity index (χ2n) is 6.84. The number of carbonyl (C=O) groups excluding carboxylic acids is 1. The van der Waals surface area contributed by atoms with Gasteiger partial charge >= 0.3 is 0 Å². The minimum absolute atomic E-state index is 0.293. The number of benzene rings is 2. The van der Waals surface area contributed by atoms with Crippen molar-refractivity contribution in [1.29, 1.82) is 0 Å². The van der Waals surface area contributed by atoms with Crippen molar-refractivity contribution in [2.75, 3.05) is 5.32 Å². The van der Waals surface area contributed by atoms with Crippen LogP contribution < -0.4 is 5.32 Å². The second kappa shape index (κ2) is 7.89. The zero-order valence-corrected chi connectivity index (χ0v) is 16.8. The lowest BCUT2D eigenvalue weighted by atomic mass is 10.1. The Bertz CT molecular complexity index is 1170. The highest BCUT2D eigenvalue weighted by Crippen LogP contribution is 2.26. The number of hydrogen-bond donors (Lipinski definition) is 1. The summed E-state index contributed by atoms with van der Waals surface area (Å²) in [4.78, 5) is 17.1. The minimum atomic E-state index is -0.327. The van der Waals surface area contributed by atoms with Gasteiger partial charge in [0.1, 0.15) is 0 Å². The van der Waals surface area contributed by atoms with Crippen molar-refractivity contribution in [3.05, 3.63) is 94.9 Å². The molecule has 0 fully saturated rings. The maximum absolute atomic E-state index is 12.9. The Morgan fingerprint density at radius 3 is 2.45 bits per heavy atom. The van der Waals surface area contributed by atoms with Crippen molar-refractivity contribution in [3.8, 4) is 16.9 Å². The van der Waals surface area contributed by atoms with Gasteiger partial charge in [0.05, 0.1) is 22.1 Å². The monoisotopic (exact) mass is 402 g/mol. The molecule has 0 spiro atoms. The van der Waals surface area contributed by atoms with E-state index in [-0.39, 0.29) is 5.91 Å². The predicted molar refractivity (Wildman–Crippen MR) is 116 cm³/mol. The van der Waals surface area contributed by atoms with Crippen LogP contribution in [-0.4, -0.2) is 20.7 Å². The average Bonchev–Trinajstić information content (AvgIpc) is 3.17. The van der Waals surface area contributed by atoms with Gasteiger partial charge in [0.25, 0.3) is 5.91 Å². The number of rotatable bonds is 4. The molecule has 4 aromatic rings. The fraction of sp³-hybridized carbons (Fsp3) is 0.0870. The Balaban J connectivity index is 1.74.